The van der Waals surface area contributed by atoms with Crippen LogP contribution in [0.25, 0.3) is 41.0 Å². The molecule has 2 heteroatoms. The van der Waals surface area contributed by atoms with Gasteiger partial charge in [-0.1, -0.05) is 30.3 Å². The highest BCUT2D eigenvalue weighted by Gasteiger charge is 2.10. The molecule has 20 heavy (non-hydrogen) atoms. The second kappa shape index (κ2) is 3.81. The Labute approximate surface area is 123 Å². The number of hydrogen-bond donors (Lipinski definition) is 0. The van der Waals surface area contributed by atoms with E-state index in [9.17, 15) is 0 Å². The van der Waals surface area contributed by atoms with Crippen molar-refractivity contribution in [2.45, 2.75) is 0 Å². The average molecular weight is 290 g/mol. The molecule has 2 heterocycles. The molecule has 0 unspecified atom stereocenters. The topological polar surface area (TPSA) is 0 Å². The normalized spacial score (nSPS) is 12.0. The van der Waals surface area contributed by atoms with E-state index in [1.807, 2.05) is 22.7 Å². The van der Waals surface area contributed by atoms with Gasteiger partial charge >= 0.3 is 0 Å². The molecular weight excluding hydrogens is 280 g/mol. The second-order valence-electron chi connectivity index (χ2n) is 5.03. The molecule has 0 aliphatic carbocycles. The lowest BCUT2D eigenvalue weighted by atomic mass is 10.0. The molecule has 0 radical (unpaired) electrons. The van der Waals surface area contributed by atoms with Gasteiger partial charge < -0.3 is 0 Å². The Kier molecular flexibility index (Phi) is 2.07. The zero-order valence-electron chi connectivity index (χ0n) is 10.6. The fourth-order valence-corrected chi connectivity index (χ4v) is 5.01. The first-order valence-electron chi connectivity index (χ1n) is 6.62. The molecule has 2 aromatic heterocycles. The van der Waals surface area contributed by atoms with Crippen LogP contribution in [-0.4, -0.2) is 0 Å². The molecule has 0 saturated heterocycles. The van der Waals surface area contributed by atoms with Gasteiger partial charge in [-0.3, -0.25) is 0 Å². The van der Waals surface area contributed by atoms with Crippen molar-refractivity contribution in [2.24, 2.45) is 0 Å². The number of benzene rings is 3. The quantitative estimate of drug-likeness (QED) is 0.308. The zero-order valence-corrected chi connectivity index (χ0v) is 12.2. The van der Waals surface area contributed by atoms with E-state index < -0.39 is 0 Å². The average Bonchev–Trinajstić information content (AvgIpc) is 3.10. The van der Waals surface area contributed by atoms with E-state index in [4.69, 9.17) is 0 Å². The molecule has 0 nitrogen and oxygen atoms in total. The van der Waals surface area contributed by atoms with Gasteiger partial charge in [0.15, 0.2) is 0 Å². The summed E-state index contributed by atoms with van der Waals surface area (Å²) in [6, 6.07) is 20.1. The molecule has 0 bridgehead atoms. The molecule has 94 valence electrons. The van der Waals surface area contributed by atoms with Crippen LogP contribution in [0.15, 0.2) is 60.0 Å². The monoisotopic (exact) mass is 290 g/mol. The van der Waals surface area contributed by atoms with Gasteiger partial charge in [0.2, 0.25) is 0 Å². The van der Waals surface area contributed by atoms with Crippen LogP contribution in [0.2, 0.25) is 0 Å². The number of thiophene rings is 2. The Hall–Kier alpha value is -1.90. The van der Waals surface area contributed by atoms with Gasteiger partial charge in [0.1, 0.15) is 0 Å². The maximum Gasteiger partial charge on any atom is 0.0361 e. The summed E-state index contributed by atoms with van der Waals surface area (Å²) in [5, 5.41) is 9.11. The molecule has 0 N–H and O–H groups in total. The van der Waals surface area contributed by atoms with Gasteiger partial charge in [0.25, 0.3) is 0 Å². The molecule has 5 aromatic rings. The van der Waals surface area contributed by atoms with E-state index in [0.29, 0.717) is 0 Å². The van der Waals surface area contributed by atoms with Crippen LogP contribution in [0, 0.1) is 0 Å². The summed E-state index contributed by atoms with van der Waals surface area (Å²) in [6.07, 6.45) is 0. The lowest BCUT2D eigenvalue weighted by molar-refractivity contribution is 1.87. The van der Waals surface area contributed by atoms with Crippen LogP contribution in [0.4, 0.5) is 0 Å². The minimum absolute atomic E-state index is 1.37. The van der Waals surface area contributed by atoms with Crippen molar-refractivity contribution in [1.29, 1.82) is 0 Å². The van der Waals surface area contributed by atoms with Gasteiger partial charge in [0, 0.05) is 30.3 Å². The highest BCUT2D eigenvalue weighted by atomic mass is 32.1. The predicted octanol–water partition coefficient (Wildman–Crippen LogP) is 6.42. The molecule has 0 atom stereocenters. The Morgan fingerprint density at radius 1 is 0.550 bits per heavy atom. The van der Waals surface area contributed by atoms with Crippen molar-refractivity contribution in [1.82, 2.24) is 0 Å². The van der Waals surface area contributed by atoms with Gasteiger partial charge in [-0.15, -0.1) is 22.7 Å². The van der Waals surface area contributed by atoms with E-state index in [1.54, 1.807) is 0 Å². The third kappa shape index (κ3) is 1.30. The van der Waals surface area contributed by atoms with Gasteiger partial charge in [-0.05, 0) is 40.4 Å². The molecular formula is C18H10S2. The molecule has 0 aliphatic heterocycles. The van der Waals surface area contributed by atoms with Crippen molar-refractivity contribution in [3.8, 4) is 0 Å². The first-order chi connectivity index (χ1) is 9.92. The summed E-state index contributed by atoms with van der Waals surface area (Å²) in [6.45, 7) is 0. The molecule has 5 rings (SSSR count). The lowest BCUT2D eigenvalue weighted by Crippen LogP contribution is -1.75. The van der Waals surface area contributed by atoms with Gasteiger partial charge in [-0.25, -0.2) is 0 Å². The Bertz CT molecular complexity index is 1100. The Morgan fingerprint density at radius 3 is 2.40 bits per heavy atom. The molecule has 0 aliphatic rings. The highest BCUT2D eigenvalue weighted by molar-refractivity contribution is 7.26. The van der Waals surface area contributed by atoms with Crippen LogP contribution >= 0.6 is 22.7 Å². The van der Waals surface area contributed by atoms with Gasteiger partial charge in [0.05, 0.1) is 0 Å². The van der Waals surface area contributed by atoms with E-state index in [0.717, 1.165) is 0 Å². The minimum atomic E-state index is 1.37. The van der Waals surface area contributed by atoms with Crippen LogP contribution in [0.3, 0.4) is 0 Å². The van der Waals surface area contributed by atoms with Gasteiger partial charge in [-0.2, -0.15) is 0 Å². The van der Waals surface area contributed by atoms with Crippen molar-refractivity contribution in [3.05, 3.63) is 60.0 Å². The molecule has 0 spiro atoms. The van der Waals surface area contributed by atoms with E-state index in [-0.39, 0.29) is 0 Å². The summed E-state index contributed by atoms with van der Waals surface area (Å²) < 4.78 is 4.13. The Balaban J connectivity index is 2.14. The van der Waals surface area contributed by atoms with Crippen LogP contribution < -0.4 is 0 Å². The number of hydrogen-bond acceptors (Lipinski definition) is 2. The minimum Gasteiger partial charge on any atom is -0.144 e. The summed E-state index contributed by atoms with van der Waals surface area (Å²) in [5.41, 5.74) is 0. The zero-order chi connectivity index (χ0) is 13.1. The lowest BCUT2D eigenvalue weighted by Gasteiger charge is -2.02. The van der Waals surface area contributed by atoms with E-state index in [2.05, 4.69) is 60.0 Å². The van der Waals surface area contributed by atoms with E-state index >= 15 is 0 Å². The van der Waals surface area contributed by atoms with Crippen LogP contribution in [0.5, 0.6) is 0 Å². The van der Waals surface area contributed by atoms with Crippen molar-refractivity contribution in [3.63, 3.8) is 0 Å². The first kappa shape index (κ1) is 10.8. The first-order valence-corrected chi connectivity index (χ1v) is 8.31. The summed E-state index contributed by atoms with van der Waals surface area (Å²) >= 11 is 3.70. The second-order valence-corrected chi connectivity index (χ2v) is 7.06. The number of fused-ring (bicyclic) bond motifs is 7. The van der Waals surface area contributed by atoms with E-state index in [1.165, 1.54) is 41.0 Å². The maximum absolute atomic E-state index is 2.29. The Morgan fingerprint density at radius 2 is 1.40 bits per heavy atom. The van der Waals surface area contributed by atoms with Crippen molar-refractivity contribution < 1.29 is 0 Å². The smallest absolute Gasteiger partial charge is 0.0361 e. The van der Waals surface area contributed by atoms with Crippen LogP contribution in [0.1, 0.15) is 0 Å². The predicted molar refractivity (Wildman–Crippen MR) is 92.2 cm³/mol. The largest absolute Gasteiger partial charge is 0.144 e. The molecule has 3 aromatic carbocycles. The fraction of sp³-hybridized carbons (Fsp3) is 0. The maximum atomic E-state index is 2.29. The van der Waals surface area contributed by atoms with Crippen molar-refractivity contribution >= 4 is 63.7 Å². The standard InChI is InChI=1S/C18H10S2/c1-2-4-16-14(3-1)18-13-6-7-15-12(9-10-19-15)11(13)5-8-17(18)20-16/h1-10H. The summed E-state index contributed by atoms with van der Waals surface area (Å²) in [5.74, 6) is 0. The summed E-state index contributed by atoms with van der Waals surface area (Å²) in [4.78, 5) is 0. The molecule has 0 amide bonds. The SMILES string of the molecule is c1ccc2c(c1)sc1ccc3c4ccsc4ccc3c12. The third-order valence-electron chi connectivity index (χ3n) is 3.97. The van der Waals surface area contributed by atoms with Crippen LogP contribution in [-0.2, 0) is 0 Å². The molecule has 0 fully saturated rings. The summed E-state index contributed by atoms with van der Waals surface area (Å²) in [7, 11) is 0. The fourth-order valence-electron chi connectivity index (χ4n) is 3.08. The number of rotatable bonds is 0. The molecule has 0 saturated carbocycles. The van der Waals surface area contributed by atoms with Crippen molar-refractivity contribution in [2.75, 3.05) is 0 Å². The highest BCUT2D eigenvalue weighted by Crippen LogP contribution is 2.40. The third-order valence-corrected chi connectivity index (χ3v) is 5.99.